The first kappa shape index (κ1) is 66.8. The molecule has 91 heavy (non-hydrogen) atoms. The molecule has 2 aliphatic carbocycles. The van der Waals surface area contributed by atoms with Crippen LogP contribution < -0.4 is 29.6 Å². The molecule has 12 unspecified atom stereocenters. The molecule has 2 saturated heterocycles. The first-order valence-corrected chi connectivity index (χ1v) is 32.5. The second-order valence-corrected chi connectivity index (χ2v) is 28.0. The fourth-order valence-electron chi connectivity index (χ4n) is 13.9. The van der Waals surface area contributed by atoms with Crippen LogP contribution in [0.4, 0.5) is 27.2 Å². The molecule has 2 N–H and O–H groups in total. The van der Waals surface area contributed by atoms with E-state index >= 15 is 22.4 Å². The van der Waals surface area contributed by atoms with Gasteiger partial charge in [-0.2, -0.15) is 17.6 Å². The first-order valence-electron chi connectivity index (χ1n) is 32.5. The van der Waals surface area contributed by atoms with E-state index in [2.05, 4.69) is 25.6 Å². The minimum absolute atomic E-state index is 0.0204. The third kappa shape index (κ3) is 14.3. The van der Waals surface area contributed by atoms with Crippen molar-refractivity contribution in [3.63, 3.8) is 0 Å². The number of fused-ring (bicyclic) bond motifs is 10. The van der Waals surface area contributed by atoms with Crippen LogP contribution in [0.25, 0.3) is 22.1 Å². The van der Waals surface area contributed by atoms with Crippen molar-refractivity contribution in [3.8, 4) is 23.3 Å². The van der Waals surface area contributed by atoms with E-state index in [1.54, 1.807) is 92.6 Å². The van der Waals surface area contributed by atoms with Crippen LogP contribution in [0.2, 0.25) is 0 Å². The van der Waals surface area contributed by atoms with Gasteiger partial charge in [0.2, 0.25) is 23.6 Å². The highest BCUT2D eigenvalue weighted by molar-refractivity contribution is 5.95. The number of carbonyl (C=O) groups excluding carboxylic acids is 6. The third-order valence-corrected chi connectivity index (χ3v) is 19.1. The van der Waals surface area contributed by atoms with E-state index in [1.165, 1.54) is 16.7 Å². The summed E-state index contributed by atoms with van der Waals surface area (Å²) in [5.41, 5.74) is -2.66. The number of alkyl carbamates (subject to hydrolysis) is 2. The van der Waals surface area contributed by atoms with Gasteiger partial charge in [0, 0.05) is 42.7 Å². The summed E-state index contributed by atoms with van der Waals surface area (Å²) >= 11 is 0. The number of nitrogens with one attached hydrogen (secondary N) is 2. The van der Waals surface area contributed by atoms with E-state index in [0.717, 1.165) is 0 Å². The smallest absolute Gasteiger partial charge is 0.408 e. The van der Waals surface area contributed by atoms with Gasteiger partial charge < -0.3 is 48.9 Å². The van der Waals surface area contributed by atoms with Gasteiger partial charge in [0.05, 0.1) is 60.5 Å². The maximum atomic E-state index is 17.3. The summed E-state index contributed by atoms with van der Waals surface area (Å²) in [6.45, 7) is 20.6. The Morgan fingerprint density at radius 3 is 1.73 bits per heavy atom. The topological polar surface area (TPSA) is 240 Å². The number of ketones is 2. The number of nitrogens with zero attached hydrogens (tertiary/aromatic N) is 6. The molecule has 2 aromatic heterocycles. The Bertz CT molecular complexity index is 3440. The van der Waals surface area contributed by atoms with E-state index in [4.69, 9.17) is 33.4 Å². The minimum Gasteiger partial charge on any atom is -0.494 e. The molecule has 4 amide bonds. The number of alkyl halides is 4. The van der Waals surface area contributed by atoms with E-state index in [-0.39, 0.29) is 90.2 Å². The average Bonchev–Trinajstić information content (AvgIpc) is 1.72. The van der Waals surface area contributed by atoms with Crippen LogP contribution in [0.5, 0.6) is 23.3 Å². The Morgan fingerprint density at radius 2 is 1.18 bits per heavy atom. The molecule has 0 radical (unpaired) electrons. The molecule has 6 heterocycles. The summed E-state index contributed by atoms with van der Waals surface area (Å²) in [7, 11) is 0. The molecule has 4 bridgehead atoms. The molecule has 6 aliphatic rings. The van der Waals surface area contributed by atoms with Gasteiger partial charge in [0.1, 0.15) is 48.0 Å². The number of hydrogen-bond acceptors (Lipinski definition) is 16. The number of ether oxygens (including phenoxy) is 6. The SMILES string of the molecule is CCOc1ccc2nc3c(nc2c1)OC1CN(C(=O)C(C(C)(C)Cc2cc4nc5c(nc4cc2OCC)OC2CN(C(=O)C(C(C)(C)C)NC(=O)OC4CC4CCCCC5(F)F)C(C(C)=O)C2CC)NC(=O)OC2CC2CCCCC3(F)F)C(C(=O)C(C)C)C1C. The van der Waals surface area contributed by atoms with Crippen molar-refractivity contribution in [3.05, 3.63) is 47.3 Å². The summed E-state index contributed by atoms with van der Waals surface area (Å²) in [5, 5.41) is 5.67. The maximum absolute atomic E-state index is 17.3. The number of hydrogen-bond donors (Lipinski definition) is 2. The minimum atomic E-state index is -3.64. The number of benzene rings is 2. The van der Waals surface area contributed by atoms with Crippen LogP contribution in [-0.4, -0.2) is 140 Å². The first-order chi connectivity index (χ1) is 42.9. The highest BCUT2D eigenvalue weighted by Crippen LogP contribution is 2.47. The number of amides is 4. The van der Waals surface area contributed by atoms with Gasteiger partial charge >= 0.3 is 12.2 Å². The van der Waals surface area contributed by atoms with E-state index in [0.29, 0.717) is 62.9 Å². The Kier molecular flexibility index (Phi) is 19.1. The Labute approximate surface area is 528 Å². The van der Waals surface area contributed by atoms with Crippen LogP contribution >= 0.6 is 0 Å². The van der Waals surface area contributed by atoms with Crippen LogP contribution in [0.1, 0.15) is 171 Å². The lowest BCUT2D eigenvalue weighted by Gasteiger charge is -2.38. The lowest BCUT2D eigenvalue weighted by atomic mass is 9.77. The van der Waals surface area contributed by atoms with Crippen molar-refractivity contribution in [2.45, 2.75) is 221 Å². The molecule has 2 aromatic carbocycles. The number of carbonyl (C=O) groups is 6. The second-order valence-electron chi connectivity index (χ2n) is 28.0. The Morgan fingerprint density at radius 1 is 0.659 bits per heavy atom. The number of halogens is 4. The maximum Gasteiger partial charge on any atom is 0.408 e. The molecule has 24 heteroatoms. The second kappa shape index (κ2) is 26.1. The van der Waals surface area contributed by atoms with Gasteiger partial charge in [-0.3, -0.25) is 19.2 Å². The summed E-state index contributed by atoms with van der Waals surface area (Å²) in [6, 6.07) is 3.08. The molecule has 0 spiro atoms. The predicted molar refractivity (Wildman–Crippen MR) is 327 cm³/mol. The summed E-state index contributed by atoms with van der Waals surface area (Å²) < 4.78 is 105. The van der Waals surface area contributed by atoms with Crippen molar-refractivity contribution in [1.82, 2.24) is 40.4 Å². The molecule has 20 nitrogen and oxygen atoms in total. The van der Waals surface area contributed by atoms with Crippen molar-refractivity contribution < 1.29 is 74.8 Å². The molecule has 2 saturated carbocycles. The quantitative estimate of drug-likeness (QED) is 0.133. The van der Waals surface area contributed by atoms with E-state index in [1.807, 2.05) is 13.8 Å². The standard InChI is InChI=1S/C67H88F4N8O12/c1-13-41-50-33-79(52(41)36(7)80)60(82)56(64(8,9)10)76-62(84)90-47-27-37(47)20-17-19-25-67(70,71)55-59(89-50)75-45-30-46(87-15-3)39(26-43(45)73-55)31-65(11,12)57-61(83)78-32-49(35(6)51(78)53(81)34(4)5)88-58-54(72-42-23-22-40(86-14-2)29-44(42)74-58)66(68,69)24-18-16-21-38-28-48(38)91-63(85)77-57/h22-23,26,29-30,34-35,37-38,41,47-52,56-57H,13-21,24-25,27-28,31-33H2,1-12H3,(H,76,84)(H,77,85). The van der Waals surface area contributed by atoms with Crippen molar-refractivity contribution >= 4 is 57.6 Å². The van der Waals surface area contributed by atoms with E-state index < -0.39 is 149 Å². The highest BCUT2D eigenvalue weighted by Gasteiger charge is 2.55. The lowest BCUT2D eigenvalue weighted by Crippen LogP contribution is -2.58. The van der Waals surface area contributed by atoms with Crippen molar-refractivity contribution in [1.29, 1.82) is 0 Å². The number of Topliss-reactive ketones (excluding diaryl/α,β-unsaturated/α-hetero) is 2. The molecule has 496 valence electrons. The van der Waals surface area contributed by atoms with Gasteiger partial charge in [-0.15, -0.1) is 0 Å². The molecule has 4 aliphatic heterocycles. The van der Waals surface area contributed by atoms with Gasteiger partial charge in [0.15, 0.2) is 23.0 Å². The number of aromatic nitrogens is 4. The largest absolute Gasteiger partial charge is 0.494 e. The molecule has 4 fully saturated rings. The van der Waals surface area contributed by atoms with Crippen LogP contribution in [0.3, 0.4) is 0 Å². The lowest BCUT2D eigenvalue weighted by molar-refractivity contribution is -0.143. The van der Waals surface area contributed by atoms with Crippen LogP contribution in [0, 0.1) is 40.4 Å². The third-order valence-electron chi connectivity index (χ3n) is 19.1. The summed E-state index contributed by atoms with van der Waals surface area (Å²) in [6.07, 6.45) is -2.81. The van der Waals surface area contributed by atoms with Gasteiger partial charge in [-0.1, -0.05) is 75.2 Å². The normalized spacial score (nSPS) is 29.0. The zero-order chi connectivity index (χ0) is 65.8. The highest BCUT2D eigenvalue weighted by atomic mass is 19.3. The van der Waals surface area contributed by atoms with Gasteiger partial charge in [-0.05, 0) is 119 Å². The fourth-order valence-corrected chi connectivity index (χ4v) is 13.9. The van der Waals surface area contributed by atoms with E-state index in [9.17, 15) is 24.0 Å². The molecular weight excluding hydrogens is 1180 g/mol. The van der Waals surface area contributed by atoms with Crippen LogP contribution in [0.15, 0.2) is 30.3 Å². The summed E-state index contributed by atoms with van der Waals surface area (Å²) in [5.74, 6) is -11.6. The number of rotatable bonds is 11. The monoisotopic (exact) mass is 1270 g/mol. The van der Waals surface area contributed by atoms with Gasteiger partial charge in [-0.25, -0.2) is 29.5 Å². The van der Waals surface area contributed by atoms with Crippen molar-refractivity contribution in [2.24, 2.45) is 40.4 Å². The molecular formula is C67H88F4N8O12. The fraction of sp³-hybridized carbons (Fsp3) is 0.672. The predicted octanol–water partition coefficient (Wildman–Crippen LogP) is 11.4. The van der Waals surface area contributed by atoms with Gasteiger partial charge in [0.25, 0.3) is 11.8 Å². The zero-order valence-electron chi connectivity index (χ0n) is 54.3. The van der Waals surface area contributed by atoms with Crippen LogP contribution in [-0.2, 0) is 46.9 Å². The Hall–Kier alpha value is -7.14. The summed E-state index contributed by atoms with van der Waals surface area (Å²) in [4.78, 5) is 108. The Balaban J connectivity index is 1.03. The van der Waals surface area contributed by atoms with Crippen molar-refractivity contribution in [2.75, 3.05) is 26.3 Å². The molecule has 10 rings (SSSR count). The molecule has 4 aromatic rings. The zero-order valence-corrected chi connectivity index (χ0v) is 54.3. The molecule has 12 atom stereocenters. The average molecular weight is 1270 g/mol.